The minimum absolute atomic E-state index is 0.359. The number of aromatic nitrogens is 5. The lowest BCUT2D eigenvalue weighted by atomic mass is 10.1. The molecule has 0 atom stereocenters. The maximum absolute atomic E-state index is 14.4. The SMILES string of the molecule is Cn1nc2nc(NCCc3ccccn3)nc(-c3ccccc3F)c2c1N. The molecular weight excluding hydrogens is 345 g/mol. The molecule has 8 heteroatoms. The van der Waals surface area contributed by atoms with Crippen molar-refractivity contribution in [1.82, 2.24) is 24.7 Å². The first kappa shape index (κ1) is 16.9. The minimum atomic E-state index is -0.375. The van der Waals surface area contributed by atoms with Crippen molar-refractivity contribution in [3.05, 3.63) is 60.2 Å². The Hall–Kier alpha value is -3.55. The minimum Gasteiger partial charge on any atom is -0.383 e. The maximum Gasteiger partial charge on any atom is 0.225 e. The molecule has 7 nitrogen and oxygen atoms in total. The monoisotopic (exact) mass is 363 g/mol. The van der Waals surface area contributed by atoms with E-state index in [0.29, 0.717) is 47.0 Å². The van der Waals surface area contributed by atoms with Crippen LogP contribution >= 0.6 is 0 Å². The molecule has 4 rings (SSSR count). The molecule has 0 amide bonds. The van der Waals surface area contributed by atoms with Crippen molar-refractivity contribution < 1.29 is 4.39 Å². The molecule has 0 spiro atoms. The van der Waals surface area contributed by atoms with Crippen LogP contribution in [0.5, 0.6) is 0 Å². The molecule has 0 aliphatic heterocycles. The number of benzene rings is 1. The summed E-state index contributed by atoms with van der Waals surface area (Å²) in [4.78, 5) is 13.2. The molecule has 0 fully saturated rings. The van der Waals surface area contributed by atoms with E-state index in [0.717, 1.165) is 5.69 Å². The lowest BCUT2D eigenvalue weighted by Gasteiger charge is -2.09. The van der Waals surface area contributed by atoms with Gasteiger partial charge in [0.1, 0.15) is 11.6 Å². The lowest BCUT2D eigenvalue weighted by molar-refractivity contribution is 0.631. The van der Waals surface area contributed by atoms with E-state index in [4.69, 9.17) is 5.73 Å². The number of aryl methyl sites for hydroxylation is 1. The number of hydrogen-bond acceptors (Lipinski definition) is 6. The van der Waals surface area contributed by atoms with E-state index in [1.807, 2.05) is 18.2 Å². The summed E-state index contributed by atoms with van der Waals surface area (Å²) in [5.41, 5.74) is 8.28. The number of nitrogen functional groups attached to an aromatic ring is 1. The molecule has 3 aromatic heterocycles. The van der Waals surface area contributed by atoms with Crippen LogP contribution in [0.4, 0.5) is 16.2 Å². The predicted octanol–water partition coefficient (Wildman–Crippen LogP) is 2.80. The Morgan fingerprint density at radius 1 is 1.11 bits per heavy atom. The zero-order valence-corrected chi connectivity index (χ0v) is 14.7. The van der Waals surface area contributed by atoms with Gasteiger partial charge in [-0.1, -0.05) is 18.2 Å². The van der Waals surface area contributed by atoms with E-state index in [9.17, 15) is 4.39 Å². The van der Waals surface area contributed by atoms with Gasteiger partial charge in [-0.15, -0.1) is 0 Å². The average molecular weight is 363 g/mol. The highest BCUT2D eigenvalue weighted by atomic mass is 19.1. The quantitative estimate of drug-likeness (QED) is 0.566. The highest BCUT2D eigenvalue weighted by molar-refractivity contribution is 5.98. The summed E-state index contributed by atoms with van der Waals surface area (Å²) >= 11 is 0. The first-order valence-corrected chi connectivity index (χ1v) is 8.52. The van der Waals surface area contributed by atoms with Gasteiger partial charge in [0.2, 0.25) is 5.95 Å². The maximum atomic E-state index is 14.4. The fraction of sp³-hybridized carbons (Fsp3) is 0.158. The summed E-state index contributed by atoms with van der Waals surface area (Å²) in [5, 5.41) is 8.03. The van der Waals surface area contributed by atoms with Gasteiger partial charge >= 0.3 is 0 Å². The fourth-order valence-corrected chi connectivity index (χ4v) is 2.89. The molecule has 0 saturated carbocycles. The second-order valence-corrected chi connectivity index (χ2v) is 6.08. The van der Waals surface area contributed by atoms with Crippen LogP contribution in [0.15, 0.2) is 48.7 Å². The summed E-state index contributed by atoms with van der Waals surface area (Å²) in [6.07, 6.45) is 2.46. The number of fused-ring (bicyclic) bond motifs is 1. The average Bonchev–Trinajstić information content (AvgIpc) is 2.96. The van der Waals surface area contributed by atoms with Crippen molar-refractivity contribution in [3.8, 4) is 11.3 Å². The zero-order valence-electron chi connectivity index (χ0n) is 14.7. The van der Waals surface area contributed by atoms with Gasteiger partial charge in [-0.2, -0.15) is 10.1 Å². The van der Waals surface area contributed by atoms with Gasteiger partial charge < -0.3 is 11.1 Å². The largest absolute Gasteiger partial charge is 0.383 e. The standard InChI is InChI=1S/C19H18FN7/c1-27-17(21)15-16(13-7-2-3-8-14(13)20)24-19(25-18(15)26-27)23-11-9-12-6-4-5-10-22-12/h2-8,10H,9,11,21H2,1H3,(H,23,25,26). The van der Waals surface area contributed by atoms with E-state index in [1.54, 1.807) is 31.4 Å². The second-order valence-electron chi connectivity index (χ2n) is 6.08. The lowest BCUT2D eigenvalue weighted by Crippen LogP contribution is -2.09. The van der Waals surface area contributed by atoms with E-state index in [2.05, 4.69) is 25.4 Å². The van der Waals surface area contributed by atoms with E-state index in [1.165, 1.54) is 10.7 Å². The third kappa shape index (κ3) is 3.29. The second kappa shape index (κ2) is 6.99. The van der Waals surface area contributed by atoms with Crippen LogP contribution in [0, 0.1) is 5.82 Å². The summed E-state index contributed by atoms with van der Waals surface area (Å²) < 4.78 is 15.9. The third-order valence-electron chi connectivity index (χ3n) is 4.26. The Bertz CT molecular complexity index is 1090. The van der Waals surface area contributed by atoms with E-state index in [-0.39, 0.29) is 5.82 Å². The molecule has 3 heterocycles. The topological polar surface area (TPSA) is 94.5 Å². The number of nitrogens with two attached hydrogens (primary N) is 1. The van der Waals surface area contributed by atoms with Gasteiger partial charge in [0.15, 0.2) is 5.65 Å². The van der Waals surface area contributed by atoms with Gasteiger partial charge in [-0.3, -0.25) is 9.67 Å². The molecule has 0 aliphatic rings. The van der Waals surface area contributed by atoms with Gasteiger partial charge in [-0.05, 0) is 24.3 Å². The van der Waals surface area contributed by atoms with Crippen LogP contribution in [0.3, 0.4) is 0 Å². The highest BCUT2D eigenvalue weighted by Crippen LogP contribution is 2.32. The van der Waals surface area contributed by atoms with E-state index < -0.39 is 0 Å². The van der Waals surface area contributed by atoms with Crippen molar-refractivity contribution in [2.75, 3.05) is 17.6 Å². The van der Waals surface area contributed by atoms with Crippen molar-refractivity contribution in [2.24, 2.45) is 7.05 Å². The number of nitrogens with one attached hydrogen (secondary N) is 1. The zero-order chi connectivity index (χ0) is 18.8. The van der Waals surface area contributed by atoms with Crippen LogP contribution in [0.25, 0.3) is 22.3 Å². The summed E-state index contributed by atoms with van der Waals surface area (Å²) in [6, 6.07) is 12.2. The van der Waals surface area contributed by atoms with Crippen LogP contribution in [-0.2, 0) is 13.5 Å². The van der Waals surface area contributed by atoms with Crippen molar-refractivity contribution in [3.63, 3.8) is 0 Å². The number of rotatable bonds is 5. The number of nitrogens with zero attached hydrogens (tertiary/aromatic N) is 5. The Morgan fingerprint density at radius 3 is 2.70 bits per heavy atom. The molecule has 3 N–H and O–H groups in total. The molecule has 1 aromatic carbocycles. The number of pyridine rings is 1. The van der Waals surface area contributed by atoms with Crippen molar-refractivity contribution in [2.45, 2.75) is 6.42 Å². The van der Waals surface area contributed by atoms with Crippen molar-refractivity contribution in [1.29, 1.82) is 0 Å². The van der Waals surface area contributed by atoms with E-state index >= 15 is 0 Å². The first-order valence-electron chi connectivity index (χ1n) is 8.52. The molecule has 0 saturated heterocycles. The third-order valence-corrected chi connectivity index (χ3v) is 4.26. The molecule has 0 aliphatic carbocycles. The first-order chi connectivity index (χ1) is 13.1. The normalized spacial score (nSPS) is 11.0. The smallest absolute Gasteiger partial charge is 0.225 e. The Morgan fingerprint density at radius 2 is 1.93 bits per heavy atom. The predicted molar refractivity (Wildman–Crippen MR) is 103 cm³/mol. The number of anilines is 2. The fourth-order valence-electron chi connectivity index (χ4n) is 2.89. The van der Waals surface area contributed by atoms with Gasteiger partial charge in [-0.25, -0.2) is 9.37 Å². The molecule has 4 aromatic rings. The molecule has 27 heavy (non-hydrogen) atoms. The van der Waals surface area contributed by atoms with Gasteiger partial charge in [0, 0.05) is 37.5 Å². The Labute approximate surface area is 155 Å². The molecule has 0 radical (unpaired) electrons. The molecular formula is C19H18FN7. The van der Waals surface area contributed by atoms with Crippen LogP contribution in [0.1, 0.15) is 5.69 Å². The van der Waals surface area contributed by atoms with Crippen LogP contribution < -0.4 is 11.1 Å². The van der Waals surface area contributed by atoms with Crippen molar-refractivity contribution >= 4 is 22.8 Å². The van der Waals surface area contributed by atoms with Crippen LogP contribution in [-0.4, -0.2) is 31.3 Å². The molecule has 0 unspecified atom stereocenters. The highest BCUT2D eigenvalue weighted by Gasteiger charge is 2.19. The summed E-state index contributed by atoms with van der Waals surface area (Å²) in [7, 11) is 1.72. The molecule has 136 valence electrons. The van der Waals surface area contributed by atoms with Crippen LogP contribution in [0.2, 0.25) is 0 Å². The molecule has 0 bridgehead atoms. The Kier molecular flexibility index (Phi) is 4.37. The number of hydrogen-bond donors (Lipinski definition) is 2. The van der Waals surface area contributed by atoms with Gasteiger partial charge in [0.25, 0.3) is 0 Å². The van der Waals surface area contributed by atoms with Gasteiger partial charge in [0.05, 0.1) is 11.1 Å². The summed E-state index contributed by atoms with van der Waals surface area (Å²) in [5.74, 6) is 0.387. The summed E-state index contributed by atoms with van der Waals surface area (Å²) in [6.45, 7) is 0.585. The Balaban J connectivity index is 1.71. The number of halogens is 1.